The van der Waals surface area contributed by atoms with E-state index in [0.29, 0.717) is 0 Å². The van der Waals surface area contributed by atoms with Gasteiger partial charge in [-0.2, -0.15) is 10.5 Å². The zero-order valence-corrected chi connectivity index (χ0v) is 6.18. The number of hydrogen-bond acceptors (Lipinski definition) is 6. The molecule has 0 atom stereocenters. The van der Waals surface area contributed by atoms with Gasteiger partial charge in [0.1, 0.15) is 0 Å². The molecule has 0 aromatic rings. The summed E-state index contributed by atoms with van der Waals surface area (Å²) in [6, 6.07) is 0. The monoisotopic (exact) mass is 213 g/mol. The molecule has 0 heterocycles. The van der Waals surface area contributed by atoms with Gasteiger partial charge in [0, 0.05) is 17.1 Å². The molecule has 0 unspecified atom stereocenters. The maximum atomic E-state index is 10.1. The van der Waals surface area contributed by atoms with E-state index < -0.39 is 11.9 Å². The van der Waals surface area contributed by atoms with Gasteiger partial charge in [0.25, 0.3) is 0 Å². The van der Waals surface area contributed by atoms with Crippen molar-refractivity contribution in [1.29, 1.82) is 0 Å². The minimum absolute atomic E-state index is 0. The van der Waals surface area contributed by atoms with Crippen LogP contribution in [0.1, 0.15) is 12.8 Å². The van der Waals surface area contributed by atoms with E-state index in [2.05, 4.69) is 9.78 Å². The van der Waals surface area contributed by atoms with Crippen molar-refractivity contribution in [2.24, 2.45) is 0 Å². The van der Waals surface area contributed by atoms with E-state index in [0.717, 1.165) is 0 Å². The van der Waals surface area contributed by atoms with Gasteiger partial charge in [-0.05, 0) is 0 Å². The molecule has 0 aliphatic heterocycles. The van der Waals surface area contributed by atoms with Crippen LogP contribution in [0, 0.1) is 0 Å². The zero-order chi connectivity index (χ0) is 7.98. The van der Waals surface area contributed by atoms with Crippen molar-refractivity contribution < 1.29 is 46.9 Å². The number of carbonyl (C=O) groups excluding carboxylic acids is 2. The van der Waals surface area contributed by atoms with Crippen LogP contribution in [0.2, 0.25) is 0 Å². The molecule has 11 heavy (non-hydrogen) atoms. The first kappa shape index (κ1) is 13.0. The number of hydrogen-bond donors (Lipinski definition) is 2. The Hall–Kier alpha value is -0.621. The van der Waals surface area contributed by atoms with Gasteiger partial charge in [-0.15, -0.1) is 0 Å². The number of carbonyl (C=O) groups is 2. The molecular weight excluding hydrogens is 208 g/mol. The summed E-state index contributed by atoms with van der Waals surface area (Å²) >= 11 is 0. The van der Waals surface area contributed by atoms with Gasteiger partial charge < -0.3 is 9.78 Å². The third-order valence-electron chi connectivity index (χ3n) is 0.737. The topological polar surface area (TPSA) is 93.1 Å². The molecule has 7 heteroatoms. The molecule has 0 amide bonds. The Kier molecular flexibility index (Phi) is 8.85. The maximum Gasteiger partial charge on any atom is 0.342 e. The Morgan fingerprint density at radius 3 is 1.45 bits per heavy atom. The summed E-state index contributed by atoms with van der Waals surface area (Å²) in [7, 11) is 0. The first-order chi connectivity index (χ1) is 4.70. The molecule has 0 aromatic carbocycles. The molecule has 0 aliphatic rings. The molecule has 0 bridgehead atoms. The zero-order valence-electron chi connectivity index (χ0n) is 5.24. The summed E-state index contributed by atoms with van der Waals surface area (Å²) < 4.78 is 0. The molecule has 0 spiro atoms. The third-order valence-corrected chi connectivity index (χ3v) is 0.737. The Bertz CT molecular complexity index is 119. The average molecular weight is 214 g/mol. The molecule has 0 aliphatic carbocycles. The molecule has 0 saturated carbocycles. The normalized spacial score (nSPS) is 7.82. The van der Waals surface area contributed by atoms with Gasteiger partial charge in [0.15, 0.2) is 0 Å². The second-order valence-electron chi connectivity index (χ2n) is 1.43. The summed E-state index contributed by atoms with van der Waals surface area (Å²) in [4.78, 5) is 26.6. The fourth-order valence-electron chi connectivity index (χ4n) is 0.295. The predicted octanol–water partition coefficient (Wildman–Crippen LogP) is -0.204. The van der Waals surface area contributed by atoms with Crippen LogP contribution in [0.25, 0.3) is 0 Å². The van der Waals surface area contributed by atoms with Gasteiger partial charge in [-0.1, -0.05) is 0 Å². The average Bonchev–Trinajstić information content (AvgIpc) is 1.99. The molecule has 6 nitrogen and oxygen atoms in total. The third kappa shape index (κ3) is 7.27. The summed E-state index contributed by atoms with van der Waals surface area (Å²) in [5, 5.41) is 15.3. The van der Waals surface area contributed by atoms with Crippen LogP contribution < -0.4 is 0 Å². The second-order valence-corrected chi connectivity index (χ2v) is 1.43. The van der Waals surface area contributed by atoms with Crippen molar-refractivity contribution in [3.63, 3.8) is 0 Å². The van der Waals surface area contributed by atoms with Crippen LogP contribution in [0.4, 0.5) is 0 Å². The molecular formula is C4H6CuO6. The molecule has 0 rings (SSSR count). The first-order valence-electron chi connectivity index (χ1n) is 2.39. The predicted molar refractivity (Wildman–Crippen MR) is 26.7 cm³/mol. The van der Waals surface area contributed by atoms with E-state index in [1.54, 1.807) is 0 Å². The first-order valence-corrected chi connectivity index (χ1v) is 2.39. The Labute approximate surface area is 72.4 Å². The smallest absolute Gasteiger partial charge is 0.301 e. The summed E-state index contributed by atoms with van der Waals surface area (Å²) in [5.41, 5.74) is 0. The standard InChI is InChI=1S/C4H6O6.Cu/c5-3(9-7)1-2-4(6)10-8;/h7-8H,1-2H2;. The largest absolute Gasteiger partial charge is 0.342 e. The summed E-state index contributed by atoms with van der Waals surface area (Å²) in [6.45, 7) is 0. The molecule has 0 aromatic heterocycles. The van der Waals surface area contributed by atoms with Crippen LogP contribution >= 0.6 is 0 Å². The summed E-state index contributed by atoms with van der Waals surface area (Å²) in [5.74, 6) is -1.91. The van der Waals surface area contributed by atoms with Crippen LogP contribution in [0.3, 0.4) is 0 Å². The molecule has 2 N–H and O–H groups in total. The fourth-order valence-corrected chi connectivity index (χ4v) is 0.295. The van der Waals surface area contributed by atoms with Crippen LogP contribution in [0.5, 0.6) is 0 Å². The SMILES string of the molecule is O=C(CCC(=O)OO)OO.[Cu]. The van der Waals surface area contributed by atoms with E-state index in [9.17, 15) is 9.59 Å². The van der Waals surface area contributed by atoms with E-state index in [-0.39, 0.29) is 29.9 Å². The van der Waals surface area contributed by atoms with Gasteiger partial charge >= 0.3 is 11.9 Å². The van der Waals surface area contributed by atoms with Crippen molar-refractivity contribution in [2.75, 3.05) is 0 Å². The Morgan fingerprint density at radius 1 is 1.00 bits per heavy atom. The van der Waals surface area contributed by atoms with Crippen molar-refractivity contribution in [3.8, 4) is 0 Å². The van der Waals surface area contributed by atoms with Crippen molar-refractivity contribution >= 4 is 11.9 Å². The quantitative estimate of drug-likeness (QED) is 0.383. The molecule has 1 radical (unpaired) electrons. The van der Waals surface area contributed by atoms with E-state index in [4.69, 9.17) is 10.5 Å². The van der Waals surface area contributed by atoms with E-state index in [1.165, 1.54) is 0 Å². The minimum atomic E-state index is -0.953. The van der Waals surface area contributed by atoms with Crippen molar-refractivity contribution in [2.45, 2.75) is 12.8 Å². The van der Waals surface area contributed by atoms with Crippen LogP contribution in [-0.2, 0) is 36.4 Å². The van der Waals surface area contributed by atoms with Gasteiger partial charge in [-0.3, -0.25) is 0 Å². The Morgan fingerprint density at radius 2 is 1.27 bits per heavy atom. The van der Waals surface area contributed by atoms with Gasteiger partial charge in [-0.25, -0.2) is 9.59 Å². The van der Waals surface area contributed by atoms with Gasteiger partial charge in [0.2, 0.25) is 0 Å². The summed E-state index contributed by atoms with van der Waals surface area (Å²) in [6.07, 6.45) is -0.647. The maximum absolute atomic E-state index is 10.1. The van der Waals surface area contributed by atoms with Crippen molar-refractivity contribution in [1.82, 2.24) is 0 Å². The molecule has 69 valence electrons. The second kappa shape index (κ2) is 7.49. The van der Waals surface area contributed by atoms with Crippen LogP contribution in [0.15, 0.2) is 0 Å². The van der Waals surface area contributed by atoms with Crippen molar-refractivity contribution in [3.05, 3.63) is 0 Å². The minimum Gasteiger partial charge on any atom is -0.301 e. The van der Waals surface area contributed by atoms with E-state index >= 15 is 0 Å². The number of rotatable bonds is 3. The van der Waals surface area contributed by atoms with Gasteiger partial charge in [0.05, 0.1) is 12.8 Å². The van der Waals surface area contributed by atoms with Crippen LogP contribution in [-0.4, -0.2) is 22.5 Å². The fraction of sp³-hybridized carbons (Fsp3) is 0.500. The molecule has 0 fully saturated rings. The Balaban J connectivity index is 0. The van der Waals surface area contributed by atoms with E-state index in [1.807, 2.05) is 0 Å². The molecule has 0 saturated heterocycles.